The molecule has 7 heteroatoms. The van der Waals surface area contributed by atoms with Gasteiger partial charge in [0, 0.05) is 38.1 Å². The summed E-state index contributed by atoms with van der Waals surface area (Å²) >= 11 is 0. The van der Waals surface area contributed by atoms with Gasteiger partial charge in [-0.1, -0.05) is 19.3 Å². The summed E-state index contributed by atoms with van der Waals surface area (Å²) in [5.41, 5.74) is 0.406. The molecule has 1 heterocycles. The van der Waals surface area contributed by atoms with E-state index in [0.29, 0.717) is 36.4 Å². The smallest absolute Gasteiger partial charge is 0.290 e. The second-order valence-electron chi connectivity index (χ2n) is 8.99. The van der Waals surface area contributed by atoms with Crippen LogP contribution in [0.3, 0.4) is 0 Å². The third-order valence-corrected chi connectivity index (χ3v) is 7.33. The van der Waals surface area contributed by atoms with E-state index in [9.17, 15) is 9.59 Å². The standard InChI is InChI=1S/C20H33N3O2.CH2O2/c1-21(16-6-2-3-7-16)15-18(24)22-10-5-11-23(13-12-22)19(25)17-14-20(17)8-4-9-20;2-1-3/h16-17H,2-15H2,1H3;1H,(H,2,3). The second-order valence-corrected chi connectivity index (χ2v) is 8.99. The molecule has 0 aromatic carbocycles. The van der Waals surface area contributed by atoms with Crippen LogP contribution in [0.5, 0.6) is 0 Å². The lowest BCUT2D eigenvalue weighted by Crippen LogP contribution is -2.44. The molecule has 1 spiro atoms. The highest BCUT2D eigenvalue weighted by Gasteiger charge is 2.61. The van der Waals surface area contributed by atoms with E-state index in [4.69, 9.17) is 9.90 Å². The summed E-state index contributed by atoms with van der Waals surface area (Å²) in [6.07, 6.45) is 10.9. The van der Waals surface area contributed by atoms with E-state index in [1.54, 1.807) is 0 Å². The van der Waals surface area contributed by atoms with Gasteiger partial charge in [0.1, 0.15) is 0 Å². The van der Waals surface area contributed by atoms with Crippen molar-refractivity contribution in [3.8, 4) is 0 Å². The van der Waals surface area contributed by atoms with Crippen molar-refractivity contribution in [1.82, 2.24) is 14.7 Å². The van der Waals surface area contributed by atoms with E-state index >= 15 is 0 Å². The fourth-order valence-electron chi connectivity index (χ4n) is 5.28. The van der Waals surface area contributed by atoms with Crippen molar-refractivity contribution in [2.45, 2.75) is 63.8 Å². The highest BCUT2D eigenvalue weighted by molar-refractivity contribution is 5.83. The molecule has 1 N–H and O–H groups in total. The zero-order valence-electron chi connectivity index (χ0n) is 17.1. The number of likely N-dealkylation sites (N-methyl/N-ethyl adjacent to an activating group) is 1. The molecule has 3 saturated carbocycles. The topological polar surface area (TPSA) is 81.2 Å². The first-order valence-electron chi connectivity index (χ1n) is 10.9. The normalized spacial score (nSPS) is 26.3. The molecule has 0 aromatic rings. The Morgan fingerprint density at radius 1 is 1.04 bits per heavy atom. The minimum atomic E-state index is -0.250. The monoisotopic (exact) mass is 393 g/mol. The van der Waals surface area contributed by atoms with E-state index < -0.39 is 0 Å². The van der Waals surface area contributed by atoms with Gasteiger partial charge in [0.05, 0.1) is 6.54 Å². The van der Waals surface area contributed by atoms with Gasteiger partial charge in [0.2, 0.25) is 11.8 Å². The number of amides is 2. The predicted octanol–water partition coefficient (Wildman–Crippen LogP) is 1.81. The number of carboxylic acid groups (broad SMARTS) is 1. The molecule has 4 aliphatic rings. The number of carbonyl (C=O) groups is 3. The van der Waals surface area contributed by atoms with Crippen LogP contribution >= 0.6 is 0 Å². The molecule has 7 nitrogen and oxygen atoms in total. The van der Waals surface area contributed by atoms with Crippen LogP contribution in [0, 0.1) is 11.3 Å². The molecule has 2 amide bonds. The fraction of sp³-hybridized carbons (Fsp3) is 0.857. The van der Waals surface area contributed by atoms with Crippen LogP contribution in [0.4, 0.5) is 0 Å². The van der Waals surface area contributed by atoms with Crippen LogP contribution in [-0.4, -0.2) is 83.9 Å². The van der Waals surface area contributed by atoms with Crippen molar-refractivity contribution in [3.63, 3.8) is 0 Å². The van der Waals surface area contributed by atoms with Crippen LogP contribution in [0.2, 0.25) is 0 Å². The van der Waals surface area contributed by atoms with E-state index in [0.717, 1.165) is 32.5 Å². The van der Waals surface area contributed by atoms with Crippen molar-refractivity contribution in [2.75, 3.05) is 39.8 Å². The van der Waals surface area contributed by atoms with E-state index in [-0.39, 0.29) is 12.4 Å². The molecule has 0 radical (unpaired) electrons. The molecule has 28 heavy (non-hydrogen) atoms. The molecule has 4 fully saturated rings. The first-order valence-corrected chi connectivity index (χ1v) is 10.9. The summed E-state index contributed by atoms with van der Waals surface area (Å²) < 4.78 is 0. The first-order chi connectivity index (χ1) is 13.5. The Balaban J connectivity index is 0.000000706. The third kappa shape index (κ3) is 4.67. The Labute approximate surface area is 168 Å². The fourth-order valence-corrected chi connectivity index (χ4v) is 5.28. The Morgan fingerprint density at radius 3 is 2.21 bits per heavy atom. The average Bonchev–Trinajstić information content (AvgIpc) is 3.28. The Bertz CT molecular complexity index is 572. The SMILES string of the molecule is CN(CC(=O)N1CCCN(C(=O)C2CC23CCC3)CC1)C1CCCC1.O=CO. The first kappa shape index (κ1) is 21.1. The Kier molecular flexibility index (Phi) is 6.96. The van der Waals surface area contributed by atoms with Gasteiger partial charge in [-0.25, -0.2) is 0 Å². The van der Waals surface area contributed by atoms with Gasteiger partial charge < -0.3 is 14.9 Å². The Hall–Kier alpha value is -1.63. The molecule has 1 unspecified atom stereocenters. The largest absolute Gasteiger partial charge is 0.483 e. The van der Waals surface area contributed by atoms with Crippen molar-refractivity contribution in [3.05, 3.63) is 0 Å². The summed E-state index contributed by atoms with van der Waals surface area (Å²) in [4.78, 5) is 40.1. The number of hydrogen-bond acceptors (Lipinski definition) is 4. The van der Waals surface area contributed by atoms with Gasteiger partial charge in [-0.3, -0.25) is 19.3 Å². The summed E-state index contributed by atoms with van der Waals surface area (Å²) in [6, 6.07) is 0.586. The summed E-state index contributed by atoms with van der Waals surface area (Å²) in [7, 11) is 2.09. The zero-order chi connectivity index (χ0) is 20.1. The number of nitrogens with zero attached hydrogens (tertiary/aromatic N) is 3. The van der Waals surface area contributed by atoms with Gasteiger partial charge >= 0.3 is 0 Å². The molecule has 1 aliphatic heterocycles. The molecule has 1 saturated heterocycles. The molecular weight excluding hydrogens is 358 g/mol. The molecule has 3 aliphatic carbocycles. The van der Waals surface area contributed by atoms with E-state index in [1.165, 1.54) is 44.9 Å². The van der Waals surface area contributed by atoms with Crippen LogP contribution in [0.1, 0.15) is 57.8 Å². The van der Waals surface area contributed by atoms with Gasteiger partial charge in [0.15, 0.2) is 0 Å². The van der Waals surface area contributed by atoms with E-state index in [2.05, 4.69) is 11.9 Å². The maximum absolute atomic E-state index is 12.8. The van der Waals surface area contributed by atoms with Crippen LogP contribution < -0.4 is 0 Å². The van der Waals surface area contributed by atoms with Crippen LogP contribution in [0.15, 0.2) is 0 Å². The van der Waals surface area contributed by atoms with Crippen molar-refractivity contribution < 1.29 is 19.5 Å². The minimum Gasteiger partial charge on any atom is -0.483 e. The Morgan fingerprint density at radius 2 is 1.64 bits per heavy atom. The predicted molar refractivity (Wildman–Crippen MR) is 106 cm³/mol. The van der Waals surface area contributed by atoms with Crippen molar-refractivity contribution in [1.29, 1.82) is 0 Å². The molecule has 158 valence electrons. The van der Waals surface area contributed by atoms with Crippen LogP contribution in [-0.2, 0) is 14.4 Å². The van der Waals surface area contributed by atoms with Gasteiger partial charge in [-0.2, -0.15) is 0 Å². The van der Waals surface area contributed by atoms with Gasteiger partial charge in [-0.15, -0.1) is 0 Å². The quantitative estimate of drug-likeness (QED) is 0.737. The molecule has 4 rings (SSSR count). The summed E-state index contributed by atoms with van der Waals surface area (Å²) in [5.74, 6) is 0.916. The maximum atomic E-state index is 12.8. The van der Waals surface area contributed by atoms with Gasteiger partial charge in [-0.05, 0) is 51.0 Å². The number of hydrogen-bond donors (Lipinski definition) is 1. The molecule has 1 atom stereocenters. The minimum absolute atomic E-state index is 0.241. The van der Waals surface area contributed by atoms with Crippen LogP contribution in [0.25, 0.3) is 0 Å². The van der Waals surface area contributed by atoms with Gasteiger partial charge in [0.25, 0.3) is 6.47 Å². The van der Waals surface area contributed by atoms with E-state index in [1.807, 2.05) is 9.80 Å². The second kappa shape index (κ2) is 9.25. The highest BCUT2D eigenvalue weighted by Crippen LogP contribution is 2.65. The molecular formula is C21H35N3O4. The number of carbonyl (C=O) groups excluding carboxylic acids is 2. The molecule has 0 bridgehead atoms. The van der Waals surface area contributed by atoms with Crippen molar-refractivity contribution in [2.24, 2.45) is 11.3 Å². The highest BCUT2D eigenvalue weighted by atomic mass is 16.3. The lowest BCUT2D eigenvalue weighted by atomic mass is 9.79. The number of rotatable bonds is 4. The lowest BCUT2D eigenvalue weighted by Gasteiger charge is -2.29. The van der Waals surface area contributed by atoms with Crippen molar-refractivity contribution >= 4 is 18.3 Å². The molecule has 0 aromatic heterocycles. The average molecular weight is 394 g/mol. The maximum Gasteiger partial charge on any atom is 0.290 e. The third-order valence-electron chi connectivity index (χ3n) is 7.33. The summed E-state index contributed by atoms with van der Waals surface area (Å²) in [6.45, 7) is 3.35. The summed E-state index contributed by atoms with van der Waals surface area (Å²) in [5, 5.41) is 6.89. The lowest BCUT2D eigenvalue weighted by molar-refractivity contribution is -0.135. The zero-order valence-corrected chi connectivity index (χ0v) is 17.1.